The van der Waals surface area contributed by atoms with Crippen LogP contribution in [-0.2, 0) is 0 Å². The van der Waals surface area contributed by atoms with Crippen LogP contribution < -0.4 is 11.1 Å². The molecule has 0 amide bonds. The van der Waals surface area contributed by atoms with Crippen molar-refractivity contribution in [2.75, 3.05) is 23.1 Å². The van der Waals surface area contributed by atoms with Crippen LogP contribution in [-0.4, -0.2) is 28.0 Å². The number of hydrogen-bond donors (Lipinski definition) is 2. The Morgan fingerprint density at radius 3 is 2.88 bits per heavy atom. The zero-order chi connectivity index (χ0) is 12.1. The van der Waals surface area contributed by atoms with Gasteiger partial charge in [0.1, 0.15) is 5.82 Å². The van der Waals surface area contributed by atoms with Crippen LogP contribution in [0.1, 0.15) is 6.92 Å². The zero-order valence-corrected chi connectivity index (χ0v) is 9.95. The molecule has 0 aliphatic carbocycles. The second-order valence-electron chi connectivity index (χ2n) is 3.36. The third-order valence-corrected chi connectivity index (χ3v) is 2.74. The van der Waals surface area contributed by atoms with Crippen LogP contribution in [0.15, 0.2) is 12.1 Å². The van der Waals surface area contributed by atoms with Crippen molar-refractivity contribution in [3.05, 3.63) is 22.2 Å². The van der Waals surface area contributed by atoms with Crippen molar-refractivity contribution >= 4 is 29.1 Å². The van der Waals surface area contributed by atoms with Gasteiger partial charge in [-0.1, -0.05) is 0 Å². The molecule has 0 spiro atoms. The van der Waals surface area contributed by atoms with Crippen LogP contribution in [0.5, 0.6) is 0 Å². The highest BCUT2D eigenvalue weighted by molar-refractivity contribution is 7.98. The first-order chi connectivity index (χ1) is 7.54. The molecule has 0 aliphatic heterocycles. The smallest absolute Gasteiger partial charge is 0.311 e. The summed E-state index contributed by atoms with van der Waals surface area (Å²) in [6.07, 6.45) is 2.01. The van der Waals surface area contributed by atoms with Gasteiger partial charge in [0.15, 0.2) is 0 Å². The molecule has 88 valence electrons. The highest BCUT2D eigenvalue weighted by Gasteiger charge is 2.13. The molecule has 0 aromatic carbocycles. The van der Waals surface area contributed by atoms with Crippen LogP contribution in [0.3, 0.4) is 0 Å². The van der Waals surface area contributed by atoms with E-state index in [1.54, 1.807) is 17.8 Å². The van der Waals surface area contributed by atoms with E-state index < -0.39 is 4.92 Å². The number of nitrogens with two attached hydrogens (primary N) is 1. The molecule has 0 bridgehead atoms. The molecule has 0 radical (unpaired) electrons. The maximum Gasteiger partial charge on any atom is 0.311 e. The van der Waals surface area contributed by atoms with Gasteiger partial charge in [0.25, 0.3) is 0 Å². The summed E-state index contributed by atoms with van der Waals surface area (Å²) < 4.78 is 0. The second-order valence-corrected chi connectivity index (χ2v) is 4.27. The number of thioether (sulfide) groups is 1. The van der Waals surface area contributed by atoms with Crippen molar-refractivity contribution in [1.82, 2.24) is 4.98 Å². The lowest BCUT2D eigenvalue weighted by Crippen LogP contribution is -2.18. The average Bonchev–Trinajstić information content (AvgIpc) is 2.17. The molecule has 0 aliphatic rings. The van der Waals surface area contributed by atoms with Gasteiger partial charge in [-0.25, -0.2) is 4.98 Å². The number of nitrogen functional groups attached to an aromatic ring is 1. The van der Waals surface area contributed by atoms with Gasteiger partial charge in [-0.2, -0.15) is 11.8 Å². The van der Waals surface area contributed by atoms with Crippen molar-refractivity contribution in [3.8, 4) is 0 Å². The standard InChI is InChI=1S/C9H14N4O2S/c1-6(5-16-2)11-8-4-3-7(13(14)15)9(10)12-8/h3-4,6H,5H2,1-2H3,(H3,10,11,12). The Bertz CT molecular complexity index is 386. The quantitative estimate of drug-likeness (QED) is 0.603. The number of nitrogens with zero attached hydrogens (tertiary/aromatic N) is 2. The second kappa shape index (κ2) is 5.55. The Labute approximate surface area is 97.8 Å². The minimum Gasteiger partial charge on any atom is -0.378 e. The summed E-state index contributed by atoms with van der Waals surface area (Å²) in [5.74, 6) is 1.43. The summed E-state index contributed by atoms with van der Waals surface area (Å²) in [6, 6.07) is 3.16. The van der Waals surface area contributed by atoms with Crippen molar-refractivity contribution in [2.24, 2.45) is 0 Å². The number of aromatic nitrogens is 1. The van der Waals surface area contributed by atoms with E-state index in [2.05, 4.69) is 10.3 Å². The summed E-state index contributed by atoms with van der Waals surface area (Å²) >= 11 is 1.71. The first-order valence-electron chi connectivity index (χ1n) is 4.71. The Hall–Kier alpha value is -1.50. The number of pyridine rings is 1. The highest BCUT2D eigenvalue weighted by Crippen LogP contribution is 2.21. The van der Waals surface area contributed by atoms with Gasteiger partial charge in [0.05, 0.1) is 4.92 Å². The monoisotopic (exact) mass is 242 g/mol. The molecule has 16 heavy (non-hydrogen) atoms. The zero-order valence-electron chi connectivity index (χ0n) is 9.14. The molecule has 0 fully saturated rings. The molecule has 3 N–H and O–H groups in total. The third kappa shape index (κ3) is 3.27. The first kappa shape index (κ1) is 12.6. The fourth-order valence-corrected chi connectivity index (χ4v) is 1.83. The van der Waals surface area contributed by atoms with E-state index in [4.69, 9.17) is 5.73 Å². The van der Waals surface area contributed by atoms with E-state index in [-0.39, 0.29) is 17.5 Å². The minimum absolute atomic E-state index is 0.0636. The molecule has 1 rings (SSSR count). The predicted octanol–water partition coefficient (Wildman–Crippen LogP) is 1.74. The van der Waals surface area contributed by atoms with Gasteiger partial charge in [-0.05, 0) is 19.2 Å². The van der Waals surface area contributed by atoms with Crippen molar-refractivity contribution in [1.29, 1.82) is 0 Å². The van der Waals surface area contributed by atoms with Gasteiger partial charge in [0, 0.05) is 17.9 Å². The van der Waals surface area contributed by atoms with Crippen LogP contribution in [0.2, 0.25) is 0 Å². The average molecular weight is 242 g/mol. The molecular formula is C9H14N4O2S. The lowest BCUT2D eigenvalue weighted by Gasteiger charge is -2.12. The maximum absolute atomic E-state index is 10.5. The predicted molar refractivity (Wildman–Crippen MR) is 66.8 cm³/mol. The SMILES string of the molecule is CSCC(C)Nc1ccc([N+](=O)[O-])c(N)n1. The normalized spacial score (nSPS) is 12.1. The van der Waals surface area contributed by atoms with E-state index in [0.717, 1.165) is 5.75 Å². The van der Waals surface area contributed by atoms with Crippen LogP contribution >= 0.6 is 11.8 Å². The number of nitro groups is 1. The molecule has 1 aromatic heterocycles. The van der Waals surface area contributed by atoms with Crippen molar-refractivity contribution in [2.45, 2.75) is 13.0 Å². The van der Waals surface area contributed by atoms with Crippen molar-refractivity contribution in [3.63, 3.8) is 0 Å². The molecule has 1 heterocycles. The Kier molecular flexibility index (Phi) is 4.36. The van der Waals surface area contributed by atoms with Gasteiger partial charge >= 0.3 is 5.69 Å². The summed E-state index contributed by atoms with van der Waals surface area (Å²) in [6.45, 7) is 2.01. The number of anilines is 2. The lowest BCUT2D eigenvalue weighted by molar-refractivity contribution is -0.384. The topological polar surface area (TPSA) is 94.1 Å². The first-order valence-corrected chi connectivity index (χ1v) is 6.10. The Morgan fingerprint density at radius 2 is 2.38 bits per heavy atom. The Morgan fingerprint density at radius 1 is 1.69 bits per heavy atom. The minimum atomic E-state index is -0.544. The van der Waals surface area contributed by atoms with E-state index in [9.17, 15) is 10.1 Å². The maximum atomic E-state index is 10.5. The molecule has 0 saturated heterocycles. The molecular weight excluding hydrogens is 228 g/mol. The van der Waals surface area contributed by atoms with Crippen LogP contribution in [0.4, 0.5) is 17.3 Å². The largest absolute Gasteiger partial charge is 0.378 e. The number of nitrogens with one attached hydrogen (secondary N) is 1. The highest BCUT2D eigenvalue weighted by atomic mass is 32.2. The van der Waals surface area contributed by atoms with Gasteiger partial charge in [-0.15, -0.1) is 0 Å². The van der Waals surface area contributed by atoms with Crippen molar-refractivity contribution < 1.29 is 4.92 Å². The van der Waals surface area contributed by atoms with Crippen LogP contribution in [0.25, 0.3) is 0 Å². The lowest BCUT2D eigenvalue weighted by atomic mass is 10.3. The fourth-order valence-electron chi connectivity index (χ4n) is 1.25. The fraction of sp³-hybridized carbons (Fsp3) is 0.444. The van der Waals surface area contributed by atoms with E-state index in [0.29, 0.717) is 5.82 Å². The molecule has 1 atom stereocenters. The molecule has 6 nitrogen and oxygen atoms in total. The molecule has 1 unspecified atom stereocenters. The van der Waals surface area contributed by atoms with E-state index >= 15 is 0 Å². The summed E-state index contributed by atoms with van der Waals surface area (Å²) in [5, 5.41) is 13.6. The summed E-state index contributed by atoms with van der Waals surface area (Å²) in [7, 11) is 0. The van der Waals surface area contributed by atoms with E-state index in [1.807, 2.05) is 13.2 Å². The van der Waals surface area contributed by atoms with Crippen LogP contribution in [0, 0.1) is 10.1 Å². The molecule has 7 heteroatoms. The molecule has 1 aromatic rings. The number of rotatable bonds is 5. The van der Waals surface area contributed by atoms with Gasteiger partial charge < -0.3 is 11.1 Å². The van der Waals surface area contributed by atoms with E-state index in [1.165, 1.54) is 6.07 Å². The molecule has 0 saturated carbocycles. The van der Waals surface area contributed by atoms with Gasteiger partial charge in [0.2, 0.25) is 5.82 Å². The number of hydrogen-bond acceptors (Lipinski definition) is 6. The van der Waals surface area contributed by atoms with Gasteiger partial charge in [-0.3, -0.25) is 10.1 Å². The third-order valence-electron chi connectivity index (χ3n) is 1.91. The Balaban J connectivity index is 2.77. The summed E-state index contributed by atoms with van der Waals surface area (Å²) in [5.41, 5.74) is 5.31. The summed E-state index contributed by atoms with van der Waals surface area (Å²) in [4.78, 5) is 13.9.